The zero-order valence-electron chi connectivity index (χ0n) is 20.3. The van der Waals surface area contributed by atoms with E-state index in [0.29, 0.717) is 29.9 Å². The van der Waals surface area contributed by atoms with Crippen molar-refractivity contribution in [1.82, 2.24) is 20.3 Å². The van der Waals surface area contributed by atoms with Gasteiger partial charge in [-0.1, -0.05) is 22.5 Å². The second kappa shape index (κ2) is 11.6. The lowest BCUT2D eigenvalue weighted by Crippen LogP contribution is -2.36. The fraction of sp³-hybridized carbons (Fsp3) is 0.320. The third-order valence-corrected chi connectivity index (χ3v) is 5.70. The number of aromatic nitrogens is 3. The van der Waals surface area contributed by atoms with Gasteiger partial charge in [0.15, 0.2) is 6.10 Å². The van der Waals surface area contributed by atoms with E-state index in [1.54, 1.807) is 23.0 Å². The Labute approximate surface area is 211 Å². The molecular formula is C25H26F2N6O4. The number of amides is 1. The maximum atomic E-state index is 15.0. The molecule has 1 aliphatic rings. The number of benzene rings is 2. The van der Waals surface area contributed by atoms with Crippen molar-refractivity contribution in [1.29, 1.82) is 0 Å². The predicted molar refractivity (Wildman–Crippen MR) is 131 cm³/mol. The van der Waals surface area contributed by atoms with Gasteiger partial charge in [-0.3, -0.25) is 9.59 Å². The van der Waals surface area contributed by atoms with Crippen LogP contribution >= 0.6 is 0 Å². The first-order chi connectivity index (χ1) is 17.8. The van der Waals surface area contributed by atoms with Crippen molar-refractivity contribution in [2.24, 2.45) is 5.16 Å². The Balaban J connectivity index is 1.39. The zero-order valence-corrected chi connectivity index (χ0v) is 20.3. The molecule has 0 saturated heterocycles. The molecule has 0 spiro atoms. The smallest absolute Gasteiger partial charge is 0.293 e. The topological polar surface area (TPSA) is 120 Å². The fourth-order valence-corrected chi connectivity index (χ4v) is 3.88. The minimum absolute atomic E-state index is 0.0950. The van der Waals surface area contributed by atoms with Gasteiger partial charge in [0.25, 0.3) is 6.47 Å². The van der Waals surface area contributed by atoms with E-state index in [9.17, 15) is 14.0 Å². The zero-order chi connectivity index (χ0) is 26.4. The van der Waals surface area contributed by atoms with Crippen molar-refractivity contribution in [2.75, 3.05) is 18.4 Å². The summed E-state index contributed by atoms with van der Waals surface area (Å²) in [7, 11) is 0. The van der Waals surface area contributed by atoms with E-state index in [2.05, 4.69) is 26.1 Å². The molecule has 2 N–H and O–H groups in total. The quantitative estimate of drug-likeness (QED) is 0.379. The maximum Gasteiger partial charge on any atom is 0.293 e. The van der Waals surface area contributed by atoms with Gasteiger partial charge in [-0.15, -0.1) is 5.10 Å². The largest absolute Gasteiger partial charge is 0.461 e. The summed E-state index contributed by atoms with van der Waals surface area (Å²) in [5, 5.41) is 17.5. The van der Waals surface area contributed by atoms with Crippen LogP contribution in [0.1, 0.15) is 24.6 Å². The summed E-state index contributed by atoms with van der Waals surface area (Å²) >= 11 is 0. The maximum absolute atomic E-state index is 15.0. The highest BCUT2D eigenvalue weighted by Crippen LogP contribution is 2.29. The molecule has 1 aliphatic heterocycles. The van der Waals surface area contributed by atoms with Gasteiger partial charge in [0.1, 0.15) is 17.7 Å². The highest BCUT2D eigenvalue weighted by atomic mass is 19.1. The molecule has 12 heteroatoms. The third-order valence-electron chi connectivity index (χ3n) is 5.70. The van der Waals surface area contributed by atoms with Crippen molar-refractivity contribution >= 4 is 23.8 Å². The normalized spacial score (nSPS) is 15.5. The van der Waals surface area contributed by atoms with Crippen molar-refractivity contribution in [3.8, 4) is 11.1 Å². The first-order valence-electron chi connectivity index (χ1n) is 11.6. The van der Waals surface area contributed by atoms with Crippen LogP contribution in [0, 0.1) is 18.6 Å². The molecule has 3 aromatic rings. The van der Waals surface area contributed by atoms with Crippen molar-refractivity contribution in [3.05, 3.63) is 65.5 Å². The van der Waals surface area contributed by atoms with Crippen LogP contribution < -0.4 is 10.6 Å². The second-order valence-electron chi connectivity index (χ2n) is 8.61. The van der Waals surface area contributed by atoms with Gasteiger partial charge in [0.05, 0.1) is 31.0 Å². The van der Waals surface area contributed by atoms with Crippen molar-refractivity contribution in [2.45, 2.75) is 39.0 Å². The van der Waals surface area contributed by atoms with Crippen LogP contribution in [0.4, 0.5) is 14.5 Å². The molecule has 0 radical (unpaired) electrons. The van der Waals surface area contributed by atoms with Gasteiger partial charge in [-0.2, -0.15) is 0 Å². The number of hydrogen-bond donors (Lipinski definition) is 2. The summed E-state index contributed by atoms with van der Waals surface area (Å²) in [4.78, 5) is 27.2. The first-order valence-corrected chi connectivity index (χ1v) is 11.6. The van der Waals surface area contributed by atoms with Crippen molar-refractivity contribution < 1.29 is 27.9 Å². The lowest BCUT2D eigenvalue weighted by molar-refractivity contribution is -0.133. The molecule has 37 heavy (non-hydrogen) atoms. The Hall–Kier alpha value is -4.35. The minimum Gasteiger partial charge on any atom is -0.461 e. The van der Waals surface area contributed by atoms with Gasteiger partial charge in [0.2, 0.25) is 5.91 Å². The summed E-state index contributed by atoms with van der Waals surface area (Å²) in [5.41, 5.74) is 2.56. The van der Waals surface area contributed by atoms with E-state index in [0.717, 1.165) is 5.69 Å². The van der Waals surface area contributed by atoms with Gasteiger partial charge < -0.3 is 20.2 Å². The van der Waals surface area contributed by atoms with E-state index in [-0.39, 0.29) is 42.7 Å². The molecule has 194 valence electrons. The summed E-state index contributed by atoms with van der Waals surface area (Å²) in [6.45, 7) is 4.19. The number of carbonyl (C=O) groups is 2. The van der Waals surface area contributed by atoms with Crippen LogP contribution in [0.25, 0.3) is 11.1 Å². The number of oxime groups is 1. The molecule has 0 fully saturated rings. The van der Waals surface area contributed by atoms with Gasteiger partial charge in [0, 0.05) is 41.9 Å². The molecule has 0 saturated carbocycles. The average Bonchev–Trinajstić information content (AvgIpc) is 3.50. The second-order valence-corrected chi connectivity index (χ2v) is 8.61. The van der Waals surface area contributed by atoms with Crippen LogP contribution in [0.3, 0.4) is 0 Å². The molecular weight excluding hydrogens is 486 g/mol. The molecule has 0 aliphatic carbocycles. The molecule has 2 unspecified atom stereocenters. The van der Waals surface area contributed by atoms with E-state index in [1.807, 2.05) is 6.92 Å². The number of halogens is 2. The number of nitrogens with one attached hydrogen (secondary N) is 2. The number of aryl methyl sites for hydroxylation is 1. The molecule has 2 atom stereocenters. The number of carbonyl (C=O) groups excluding carboxylic acids is 2. The summed E-state index contributed by atoms with van der Waals surface area (Å²) in [6, 6.07) is 8.78. The Kier molecular flexibility index (Phi) is 8.06. The van der Waals surface area contributed by atoms with E-state index >= 15 is 4.39 Å². The number of rotatable bonds is 11. The molecule has 2 heterocycles. The summed E-state index contributed by atoms with van der Waals surface area (Å²) in [5.74, 6) is -1.49. The van der Waals surface area contributed by atoms with Crippen LogP contribution in [0.5, 0.6) is 0 Å². The highest BCUT2D eigenvalue weighted by molar-refractivity contribution is 6.01. The van der Waals surface area contributed by atoms with Crippen LogP contribution in [-0.4, -0.2) is 58.4 Å². The Bertz CT molecular complexity index is 1310. The molecule has 4 rings (SSSR count). The summed E-state index contributed by atoms with van der Waals surface area (Å²) < 4.78 is 36.5. The lowest BCUT2D eigenvalue weighted by Gasteiger charge is -2.17. The van der Waals surface area contributed by atoms with Gasteiger partial charge in [-0.05, 0) is 31.2 Å². The van der Waals surface area contributed by atoms with Crippen LogP contribution in [0.2, 0.25) is 0 Å². The molecule has 0 bridgehead atoms. The van der Waals surface area contributed by atoms with Gasteiger partial charge >= 0.3 is 0 Å². The minimum atomic E-state index is -0.642. The molecule has 10 nitrogen and oxygen atoms in total. The molecule has 1 amide bonds. The standard InChI is InChI=1S/C25H26F2N6O4/c1-15-12-33(32-30-15)13-19-9-25(31-37-19)17-3-5-21(23(26)7-17)22-6-4-18(8-24(22)27)29-11-20(36-14-34)10-28-16(2)35/h3-8,12,14,19-20,29H,9-11,13H2,1-2H3,(H,28,35). The number of ether oxygens (including phenoxy) is 1. The Morgan fingerprint density at radius 3 is 2.62 bits per heavy atom. The molecule has 1 aromatic heterocycles. The number of hydrogen-bond acceptors (Lipinski definition) is 8. The SMILES string of the molecule is CC(=O)NCC(CNc1ccc(-c2ccc(C3=NOC(Cn4cc(C)nn4)C3)cc2F)c(F)c1)OC=O. The number of nitrogens with zero attached hydrogens (tertiary/aromatic N) is 4. The Morgan fingerprint density at radius 2 is 1.97 bits per heavy atom. The molecule has 2 aromatic carbocycles. The fourth-order valence-electron chi connectivity index (χ4n) is 3.88. The Morgan fingerprint density at radius 1 is 1.22 bits per heavy atom. The van der Waals surface area contributed by atoms with E-state index in [1.165, 1.54) is 31.2 Å². The monoisotopic (exact) mass is 512 g/mol. The van der Waals surface area contributed by atoms with Crippen molar-refractivity contribution in [3.63, 3.8) is 0 Å². The lowest BCUT2D eigenvalue weighted by atomic mass is 9.99. The average molecular weight is 513 g/mol. The highest BCUT2D eigenvalue weighted by Gasteiger charge is 2.24. The van der Waals surface area contributed by atoms with Crippen LogP contribution in [0.15, 0.2) is 47.8 Å². The predicted octanol–water partition coefficient (Wildman–Crippen LogP) is 2.81. The van der Waals surface area contributed by atoms with Crippen LogP contribution in [-0.2, 0) is 25.7 Å². The number of anilines is 1. The van der Waals surface area contributed by atoms with E-state index < -0.39 is 17.7 Å². The summed E-state index contributed by atoms with van der Waals surface area (Å²) in [6.07, 6.45) is 1.39. The third kappa shape index (κ3) is 6.66. The van der Waals surface area contributed by atoms with Gasteiger partial charge in [-0.25, -0.2) is 13.5 Å². The first kappa shape index (κ1) is 25.7. The van der Waals surface area contributed by atoms with E-state index in [4.69, 9.17) is 9.57 Å².